The molecule has 2 amide bonds. The Morgan fingerprint density at radius 3 is 2.60 bits per heavy atom. The number of halogens is 1. The van der Waals surface area contributed by atoms with Gasteiger partial charge in [0.2, 0.25) is 11.8 Å². The van der Waals surface area contributed by atoms with Gasteiger partial charge in [-0.3, -0.25) is 9.59 Å². The van der Waals surface area contributed by atoms with Gasteiger partial charge in [0, 0.05) is 13.8 Å². The molecule has 0 spiro atoms. The fraction of sp³-hybridized carbons (Fsp3) is 0.286. The van der Waals surface area contributed by atoms with Gasteiger partial charge in [0.05, 0.1) is 4.47 Å². The van der Waals surface area contributed by atoms with Gasteiger partial charge >= 0.3 is 0 Å². The lowest BCUT2D eigenvalue weighted by atomic mass is 10.2. The number of rotatable bonds is 6. The molecule has 2 aromatic rings. The first-order valence-electron chi connectivity index (χ1n) is 9.28. The number of hydrazone groups is 1. The van der Waals surface area contributed by atoms with E-state index in [1.807, 2.05) is 49.4 Å². The van der Waals surface area contributed by atoms with E-state index < -0.39 is 0 Å². The molecule has 1 aliphatic heterocycles. The maximum absolute atomic E-state index is 12.0. The van der Waals surface area contributed by atoms with E-state index in [9.17, 15) is 9.59 Å². The van der Waals surface area contributed by atoms with Crippen LogP contribution in [0.5, 0.6) is 11.5 Å². The Balaban J connectivity index is 1.60. The molecule has 0 saturated carbocycles. The number of hydrogen-bond donors (Lipinski definition) is 1. The van der Waals surface area contributed by atoms with Crippen molar-refractivity contribution in [2.75, 3.05) is 13.2 Å². The van der Waals surface area contributed by atoms with E-state index in [0.717, 1.165) is 21.3 Å². The lowest BCUT2D eigenvalue weighted by molar-refractivity contribution is -0.129. The van der Waals surface area contributed by atoms with Crippen LogP contribution in [0, 0.1) is 6.92 Å². The lowest BCUT2D eigenvalue weighted by Gasteiger charge is -2.20. The number of amides is 2. The van der Waals surface area contributed by atoms with Gasteiger partial charge in [0.15, 0.2) is 5.17 Å². The van der Waals surface area contributed by atoms with Crippen molar-refractivity contribution < 1.29 is 19.1 Å². The third kappa shape index (κ3) is 5.76. The highest BCUT2D eigenvalue weighted by Crippen LogP contribution is 2.40. The van der Waals surface area contributed by atoms with Crippen molar-refractivity contribution in [3.05, 3.63) is 58.1 Å². The zero-order valence-electron chi connectivity index (χ0n) is 16.8. The van der Waals surface area contributed by atoms with Gasteiger partial charge in [0.1, 0.15) is 30.1 Å². The van der Waals surface area contributed by atoms with Gasteiger partial charge < -0.3 is 14.8 Å². The van der Waals surface area contributed by atoms with Crippen LogP contribution in [0.3, 0.4) is 0 Å². The maximum Gasteiger partial charge on any atom is 0.241 e. The van der Waals surface area contributed by atoms with Crippen molar-refractivity contribution in [2.24, 2.45) is 5.10 Å². The molecule has 158 valence electrons. The lowest BCUT2D eigenvalue weighted by Crippen LogP contribution is -2.25. The summed E-state index contributed by atoms with van der Waals surface area (Å²) in [4.78, 5) is 23.3. The molecule has 30 heavy (non-hydrogen) atoms. The smallest absolute Gasteiger partial charge is 0.241 e. The molecule has 0 bridgehead atoms. The predicted octanol–water partition coefficient (Wildman–Crippen LogP) is 4.22. The van der Waals surface area contributed by atoms with Gasteiger partial charge in [-0.05, 0) is 58.2 Å². The van der Waals surface area contributed by atoms with Crippen molar-refractivity contribution in [1.82, 2.24) is 10.3 Å². The fourth-order valence-electron chi connectivity index (χ4n) is 2.78. The molecule has 0 fully saturated rings. The normalized spacial score (nSPS) is 15.5. The highest BCUT2D eigenvalue weighted by Gasteiger charge is 2.32. The molecule has 7 nitrogen and oxygen atoms in total. The van der Waals surface area contributed by atoms with Crippen LogP contribution < -0.4 is 14.8 Å². The summed E-state index contributed by atoms with van der Waals surface area (Å²) >= 11 is 4.83. The van der Waals surface area contributed by atoms with E-state index in [1.54, 1.807) is 0 Å². The highest BCUT2D eigenvalue weighted by atomic mass is 79.9. The molecular formula is C21H22BrN3O4S. The van der Waals surface area contributed by atoms with Crippen LogP contribution in [0.4, 0.5) is 0 Å². The average molecular weight is 492 g/mol. The standard InChI is InChI=1S/C21H22BrN3O4S/c1-13-5-4-6-17(11-13)28-9-10-29-19-8-7-16(12-18(19)22)20-25(15(3)27)24-21(30-20)23-14(2)26/h4-8,11-12,20H,9-10H2,1-3H3,(H,23,24,26)/t20-/m0/s1. The molecule has 1 heterocycles. The maximum atomic E-state index is 12.0. The molecule has 0 aromatic heterocycles. The van der Waals surface area contributed by atoms with Crippen LogP contribution in [0.25, 0.3) is 0 Å². The molecular weight excluding hydrogens is 470 g/mol. The summed E-state index contributed by atoms with van der Waals surface area (Å²) in [6, 6.07) is 13.5. The minimum absolute atomic E-state index is 0.211. The monoisotopic (exact) mass is 491 g/mol. The summed E-state index contributed by atoms with van der Waals surface area (Å²) in [5.74, 6) is 1.04. The Labute approximate surface area is 187 Å². The third-order valence-corrected chi connectivity index (χ3v) is 5.81. The quantitative estimate of drug-likeness (QED) is 0.611. The van der Waals surface area contributed by atoms with Crippen molar-refractivity contribution >= 4 is 44.7 Å². The van der Waals surface area contributed by atoms with Crippen LogP contribution in [0.1, 0.15) is 30.3 Å². The van der Waals surface area contributed by atoms with Crippen molar-refractivity contribution in [3.63, 3.8) is 0 Å². The van der Waals surface area contributed by atoms with E-state index in [1.165, 1.54) is 30.6 Å². The second-order valence-electron chi connectivity index (χ2n) is 6.62. The Kier molecular flexibility index (Phi) is 7.38. The summed E-state index contributed by atoms with van der Waals surface area (Å²) in [5, 5.41) is 8.22. The average Bonchev–Trinajstić information content (AvgIpc) is 3.09. The number of nitrogens with zero attached hydrogens (tertiary/aromatic N) is 2. The van der Waals surface area contributed by atoms with E-state index in [4.69, 9.17) is 9.47 Å². The van der Waals surface area contributed by atoms with E-state index >= 15 is 0 Å². The van der Waals surface area contributed by atoms with Gasteiger partial charge in [-0.2, -0.15) is 0 Å². The Bertz CT molecular complexity index is 982. The summed E-state index contributed by atoms with van der Waals surface area (Å²) in [6.07, 6.45) is 0. The van der Waals surface area contributed by atoms with Crippen molar-refractivity contribution in [1.29, 1.82) is 0 Å². The van der Waals surface area contributed by atoms with Crippen LogP contribution in [-0.2, 0) is 9.59 Å². The summed E-state index contributed by atoms with van der Waals surface area (Å²) in [6.45, 7) is 5.66. The number of carbonyl (C=O) groups excluding carboxylic acids is 2. The molecule has 3 rings (SSSR count). The first kappa shape index (κ1) is 22.2. The summed E-state index contributed by atoms with van der Waals surface area (Å²) in [5.41, 5.74) is 2.00. The van der Waals surface area contributed by atoms with Crippen LogP contribution in [-0.4, -0.2) is 35.2 Å². The topological polar surface area (TPSA) is 80.2 Å². The number of ether oxygens (including phenoxy) is 2. The Morgan fingerprint density at radius 2 is 1.93 bits per heavy atom. The van der Waals surface area contributed by atoms with Gasteiger partial charge in [-0.25, -0.2) is 5.01 Å². The van der Waals surface area contributed by atoms with Gasteiger partial charge in [-0.1, -0.05) is 30.0 Å². The van der Waals surface area contributed by atoms with Crippen molar-refractivity contribution in [3.8, 4) is 11.5 Å². The van der Waals surface area contributed by atoms with E-state index in [0.29, 0.717) is 24.1 Å². The molecule has 9 heteroatoms. The SMILES string of the molecule is CC(=O)NC1=NN(C(C)=O)[C@H](c2ccc(OCCOc3cccc(C)c3)c(Br)c2)S1. The number of nitrogens with one attached hydrogen (secondary N) is 1. The largest absolute Gasteiger partial charge is 0.490 e. The molecule has 2 aromatic carbocycles. The second-order valence-corrected chi connectivity index (χ2v) is 8.55. The first-order valence-corrected chi connectivity index (χ1v) is 10.9. The predicted molar refractivity (Wildman–Crippen MR) is 120 cm³/mol. The Morgan fingerprint density at radius 1 is 1.17 bits per heavy atom. The van der Waals surface area contributed by atoms with Gasteiger partial charge in [-0.15, -0.1) is 5.10 Å². The minimum Gasteiger partial charge on any atom is -0.490 e. The Hall–Kier alpha value is -2.52. The molecule has 1 atom stereocenters. The number of carbonyl (C=O) groups is 2. The molecule has 0 aliphatic carbocycles. The molecule has 0 saturated heterocycles. The second kappa shape index (κ2) is 9.99. The molecule has 1 N–H and O–H groups in total. The number of aryl methyl sites for hydroxylation is 1. The van der Waals surface area contributed by atoms with Crippen LogP contribution >= 0.6 is 27.7 Å². The van der Waals surface area contributed by atoms with E-state index in [-0.39, 0.29) is 17.2 Å². The fourth-order valence-corrected chi connectivity index (χ4v) is 4.42. The first-order chi connectivity index (χ1) is 14.3. The third-order valence-electron chi connectivity index (χ3n) is 4.09. The van der Waals surface area contributed by atoms with Crippen LogP contribution in [0.2, 0.25) is 0 Å². The molecule has 0 radical (unpaired) electrons. The molecule has 0 unspecified atom stereocenters. The highest BCUT2D eigenvalue weighted by molar-refractivity contribution is 9.10. The molecule has 1 aliphatic rings. The number of amidine groups is 1. The van der Waals surface area contributed by atoms with Crippen molar-refractivity contribution in [2.45, 2.75) is 26.1 Å². The van der Waals surface area contributed by atoms with Crippen LogP contribution in [0.15, 0.2) is 52.0 Å². The zero-order chi connectivity index (χ0) is 21.7. The number of hydrogen-bond acceptors (Lipinski definition) is 6. The summed E-state index contributed by atoms with van der Waals surface area (Å²) in [7, 11) is 0. The summed E-state index contributed by atoms with van der Waals surface area (Å²) < 4.78 is 12.3. The van der Waals surface area contributed by atoms with Gasteiger partial charge in [0.25, 0.3) is 0 Å². The number of benzene rings is 2. The minimum atomic E-state index is -0.362. The number of thioether (sulfide) groups is 1. The van der Waals surface area contributed by atoms with E-state index in [2.05, 4.69) is 26.3 Å². The zero-order valence-corrected chi connectivity index (χ0v) is 19.2.